The van der Waals surface area contributed by atoms with Gasteiger partial charge in [-0.15, -0.1) is 0 Å². The van der Waals surface area contributed by atoms with Crippen LogP contribution in [0.3, 0.4) is 0 Å². The van der Waals surface area contributed by atoms with E-state index in [1.54, 1.807) is 60.7 Å². The molecule has 0 aliphatic carbocycles. The Balaban J connectivity index is 1.19. The molecule has 14 aromatic rings. The van der Waals surface area contributed by atoms with Crippen LogP contribution in [0.5, 0.6) is 0 Å². The monoisotopic (exact) mass is 1100 g/mol. The predicted molar refractivity (Wildman–Crippen MR) is 363 cm³/mol. The van der Waals surface area contributed by atoms with Crippen molar-refractivity contribution in [1.82, 2.24) is 0 Å². The number of fused-ring (bicyclic) bond motifs is 2. The van der Waals surface area contributed by atoms with Crippen molar-refractivity contribution in [2.24, 2.45) is 0 Å². The minimum absolute atomic E-state index is 0.0642. The van der Waals surface area contributed by atoms with Gasteiger partial charge in [0.25, 0.3) is 0 Å². The minimum Gasteiger partial charge on any atom is -0.308 e. The lowest BCUT2D eigenvalue weighted by Gasteiger charge is -2.35. The SMILES string of the molecule is [2H]c1c([2H])c([2H])c(-c2ccc3ccc(-c4c([2H])c([2H])c([2H])c([2H])c4[2H])c(N(c4c(C)cccc4C)c4cc(C(C)C)c5ccc6c(N(c7c(C)cccc7C)c7c(-c8c([2H])c([2H])c([2H])c([2H])c8[2H])ccc8ccc(-c9c([2H])c([2H])c([2H])c([2H])c9[2H])cc78)cc(C(C)C)c7ccc4c5c76)c3c2)c([2H])c1[2H]. The molecule has 0 saturated carbocycles. The van der Waals surface area contributed by atoms with E-state index in [1.165, 1.54) is 0 Å². The Hall–Kier alpha value is -9.76. The lowest BCUT2D eigenvalue weighted by Crippen LogP contribution is -2.17. The number of hydrogen-bond acceptors (Lipinski definition) is 2. The third-order valence-corrected chi connectivity index (χ3v) is 16.5. The molecule has 14 rings (SSSR count). The molecule has 0 aromatic heterocycles. The van der Waals surface area contributed by atoms with Gasteiger partial charge in [0, 0.05) is 32.7 Å². The van der Waals surface area contributed by atoms with Gasteiger partial charge >= 0.3 is 0 Å². The van der Waals surface area contributed by atoms with E-state index in [-0.39, 0.29) is 56.3 Å². The number of benzene rings is 14. The van der Waals surface area contributed by atoms with Crippen molar-refractivity contribution in [3.63, 3.8) is 0 Å². The van der Waals surface area contributed by atoms with Crippen LogP contribution in [0.15, 0.2) is 254 Å². The molecule has 0 N–H and O–H groups in total. The largest absolute Gasteiger partial charge is 0.308 e. The van der Waals surface area contributed by atoms with Crippen molar-refractivity contribution in [3.05, 3.63) is 288 Å². The van der Waals surface area contributed by atoms with Gasteiger partial charge in [0.1, 0.15) is 0 Å². The highest BCUT2D eigenvalue weighted by molar-refractivity contribution is 6.30. The van der Waals surface area contributed by atoms with Crippen LogP contribution in [0.2, 0.25) is 0 Å². The Morgan fingerprint density at radius 3 is 0.964 bits per heavy atom. The summed E-state index contributed by atoms with van der Waals surface area (Å²) < 4.78 is 182. The van der Waals surface area contributed by atoms with Crippen LogP contribution in [-0.2, 0) is 0 Å². The first-order valence-corrected chi connectivity index (χ1v) is 28.2. The van der Waals surface area contributed by atoms with Gasteiger partial charge in [-0.25, -0.2) is 0 Å². The molecule has 0 spiro atoms. The molecule has 0 atom stereocenters. The summed E-state index contributed by atoms with van der Waals surface area (Å²) >= 11 is 0. The van der Waals surface area contributed by atoms with E-state index in [1.807, 2.05) is 64.1 Å². The molecule has 0 amide bonds. The number of anilines is 6. The molecule has 0 bridgehead atoms. The average molecular weight is 1100 g/mol. The Bertz CT molecular complexity index is 5550. The number of nitrogens with zero attached hydrogens (tertiary/aromatic N) is 2. The highest BCUT2D eigenvalue weighted by Gasteiger charge is 2.31. The zero-order chi connectivity index (χ0) is 74.7. The first-order valence-electron chi connectivity index (χ1n) is 38.2. The molecule has 0 saturated heterocycles. The summed E-state index contributed by atoms with van der Waals surface area (Å²) in [4.78, 5) is 4.19. The number of hydrogen-bond donors (Lipinski definition) is 0. The van der Waals surface area contributed by atoms with Gasteiger partial charge in [0.05, 0.1) is 61.5 Å². The lowest BCUT2D eigenvalue weighted by atomic mass is 9.83. The Morgan fingerprint density at radius 2 is 0.619 bits per heavy atom. The van der Waals surface area contributed by atoms with Gasteiger partial charge < -0.3 is 9.80 Å². The van der Waals surface area contributed by atoms with E-state index in [0.717, 1.165) is 65.7 Å². The summed E-state index contributed by atoms with van der Waals surface area (Å²) in [6, 6.07) is 31.7. The summed E-state index contributed by atoms with van der Waals surface area (Å²) in [7, 11) is 0. The highest BCUT2D eigenvalue weighted by Crippen LogP contribution is 2.56. The van der Waals surface area contributed by atoms with Crippen LogP contribution >= 0.6 is 0 Å². The van der Waals surface area contributed by atoms with Gasteiger partial charge in [-0.2, -0.15) is 0 Å². The van der Waals surface area contributed by atoms with E-state index in [9.17, 15) is 11.0 Å². The fraction of sp³-hybridized carbons (Fsp3) is 0.122. The predicted octanol–water partition coefficient (Wildman–Crippen LogP) is 24.0. The number of para-hydroxylation sites is 2. The second kappa shape index (κ2) is 21.2. The molecule has 0 unspecified atom stereocenters. The zero-order valence-electron chi connectivity index (χ0n) is 67.8. The molecule has 2 nitrogen and oxygen atoms in total. The van der Waals surface area contributed by atoms with E-state index in [4.69, 9.17) is 16.4 Å². The second-order valence-corrected chi connectivity index (χ2v) is 22.3. The van der Waals surface area contributed by atoms with Crippen molar-refractivity contribution in [2.75, 3.05) is 9.80 Å². The number of rotatable bonds is 12. The van der Waals surface area contributed by atoms with Crippen LogP contribution in [0.1, 0.15) is 100 Å². The van der Waals surface area contributed by atoms with Gasteiger partial charge in [0.2, 0.25) is 0 Å². The maximum absolute atomic E-state index is 9.70. The van der Waals surface area contributed by atoms with Crippen molar-refractivity contribution >= 4 is 88.0 Å². The van der Waals surface area contributed by atoms with E-state index in [2.05, 4.69) is 73.9 Å². The molecular weight excluding hydrogens is 1010 g/mol. The minimum atomic E-state index is -0.588. The Morgan fingerprint density at radius 1 is 0.298 bits per heavy atom. The van der Waals surface area contributed by atoms with Crippen LogP contribution in [-0.4, -0.2) is 0 Å². The molecule has 0 heterocycles. The van der Waals surface area contributed by atoms with Crippen molar-refractivity contribution in [1.29, 1.82) is 0 Å². The molecule has 0 fully saturated rings. The molecule has 14 aromatic carbocycles. The number of aryl methyl sites for hydroxylation is 4. The Labute approximate surface area is 523 Å². The van der Waals surface area contributed by atoms with Gasteiger partial charge in [0.15, 0.2) is 0 Å². The second-order valence-electron chi connectivity index (χ2n) is 22.3. The van der Waals surface area contributed by atoms with Crippen LogP contribution in [0, 0.1) is 27.7 Å². The summed E-state index contributed by atoms with van der Waals surface area (Å²) in [6.45, 7) is 16.3. The summed E-state index contributed by atoms with van der Waals surface area (Å²) in [6.07, 6.45) is 0. The van der Waals surface area contributed by atoms with Crippen molar-refractivity contribution < 1.29 is 27.4 Å². The third-order valence-electron chi connectivity index (χ3n) is 16.5. The van der Waals surface area contributed by atoms with E-state index < -0.39 is 121 Å². The molecule has 2 heteroatoms. The summed E-state index contributed by atoms with van der Waals surface area (Å²) in [5, 5.41) is 6.98. The smallest absolute Gasteiger partial charge is 0.0629 e. The van der Waals surface area contributed by atoms with Crippen LogP contribution in [0.25, 0.3) is 98.4 Å². The molecule has 84 heavy (non-hydrogen) atoms. The third kappa shape index (κ3) is 8.79. The topological polar surface area (TPSA) is 6.48 Å². The molecule has 0 aliphatic rings. The normalized spacial score (nSPS) is 15.1. The summed E-state index contributed by atoms with van der Waals surface area (Å²) in [5.74, 6) is -0.380. The molecule has 0 aliphatic heterocycles. The zero-order valence-corrected chi connectivity index (χ0v) is 47.8. The van der Waals surface area contributed by atoms with Gasteiger partial charge in [-0.05, 0) is 163 Å². The maximum Gasteiger partial charge on any atom is 0.0629 e. The molecule has 406 valence electrons. The van der Waals surface area contributed by atoms with Crippen molar-refractivity contribution in [3.8, 4) is 44.5 Å². The van der Waals surface area contributed by atoms with Crippen LogP contribution in [0.4, 0.5) is 34.1 Å². The summed E-state index contributed by atoms with van der Waals surface area (Å²) in [5.41, 5.74) is 8.96. The van der Waals surface area contributed by atoms with E-state index >= 15 is 0 Å². The standard InChI is InChI=1S/C82H68N2/c1-51(2)71-49-75(83(79-53(5)23-21-24-54(79)6)81-65(59-31-17-11-18-32-59)41-39-61-35-37-63(47-73(61)81)57-27-13-9-14-28-57)69-46-44-68-72(52(3)4)50-76(70-45-43-67(71)77(69)78(68)70)84(80-55(7)25-22-26-56(80)8)82-66(60-33-19-12-20-34-60)42-40-62-36-38-64(48-74(62)82)58-29-15-10-16-30-58/h9-52H,1-8H3/i9D,10D,11D,12D,13D,14D,15D,16D,17D,18D,19D,20D,27D,28D,29D,30D,31D,32D,33D,34D. The average Bonchev–Trinajstić information content (AvgIpc) is 0.700. The first kappa shape index (κ1) is 34.6. The maximum atomic E-state index is 9.70. The Kier molecular flexibility index (Phi) is 8.74. The lowest BCUT2D eigenvalue weighted by molar-refractivity contribution is 0.875. The molecular formula is C82H68N2. The first-order chi connectivity index (χ1) is 49.3. The molecule has 0 radical (unpaired) electrons. The fourth-order valence-electron chi connectivity index (χ4n) is 12.7. The van der Waals surface area contributed by atoms with Crippen LogP contribution < -0.4 is 9.80 Å². The fourth-order valence-corrected chi connectivity index (χ4v) is 12.7. The highest BCUT2D eigenvalue weighted by atomic mass is 15.2. The van der Waals surface area contributed by atoms with Gasteiger partial charge in [-0.3, -0.25) is 0 Å². The van der Waals surface area contributed by atoms with Crippen molar-refractivity contribution in [2.45, 2.75) is 67.2 Å². The van der Waals surface area contributed by atoms with E-state index in [0.29, 0.717) is 55.7 Å². The quantitative estimate of drug-likeness (QED) is 0.113. The van der Waals surface area contributed by atoms with Gasteiger partial charge in [-0.1, -0.05) is 258 Å².